The zero-order valence-corrected chi connectivity index (χ0v) is 15.8. The maximum atomic E-state index is 13.8. The van der Waals surface area contributed by atoms with E-state index in [1.165, 1.54) is 0 Å². The molecule has 1 aromatic carbocycles. The predicted octanol–water partition coefficient (Wildman–Crippen LogP) is 3.41. The molecule has 1 aliphatic carbocycles. The van der Waals surface area contributed by atoms with Crippen molar-refractivity contribution >= 4 is 5.97 Å². The minimum absolute atomic E-state index is 0.0987. The molecule has 1 saturated carbocycles. The summed E-state index contributed by atoms with van der Waals surface area (Å²) in [6.45, 7) is 3.98. The van der Waals surface area contributed by atoms with Crippen LogP contribution in [-0.2, 0) is 21.6 Å². The molecule has 0 amide bonds. The van der Waals surface area contributed by atoms with Crippen molar-refractivity contribution in [2.45, 2.75) is 57.0 Å². The third kappa shape index (κ3) is 4.49. The van der Waals surface area contributed by atoms with E-state index in [9.17, 15) is 18.7 Å². The van der Waals surface area contributed by atoms with Crippen LogP contribution in [0.15, 0.2) is 24.3 Å². The summed E-state index contributed by atoms with van der Waals surface area (Å²) in [6.07, 6.45) is 1.91. The van der Waals surface area contributed by atoms with Crippen LogP contribution in [0.1, 0.15) is 50.2 Å². The summed E-state index contributed by atoms with van der Waals surface area (Å²) in [7, 11) is 0. The van der Waals surface area contributed by atoms with Crippen molar-refractivity contribution in [2.75, 3.05) is 19.7 Å². The van der Waals surface area contributed by atoms with Crippen LogP contribution in [0, 0.1) is 11.8 Å². The molecule has 2 unspecified atom stereocenters. The van der Waals surface area contributed by atoms with Gasteiger partial charge in [0, 0.05) is 18.8 Å². The van der Waals surface area contributed by atoms with E-state index >= 15 is 0 Å². The van der Waals surface area contributed by atoms with Gasteiger partial charge >= 0.3 is 5.97 Å². The van der Waals surface area contributed by atoms with Crippen molar-refractivity contribution in [3.63, 3.8) is 0 Å². The first-order chi connectivity index (χ1) is 12.8. The van der Waals surface area contributed by atoms with Gasteiger partial charge in [-0.15, -0.1) is 0 Å². The number of nitrogens with one attached hydrogen (secondary N) is 1. The average Bonchev–Trinajstić information content (AvgIpc) is 3.06. The molecule has 6 heteroatoms. The molecule has 0 bridgehead atoms. The van der Waals surface area contributed by atoms with Crippen LogP contribution in [0.5, 0.6) is 0 Å². The van der Waals surface area contributed by atoms with Crippen LogP contribution in [0.25, 0.3) is 0 Å². The topological polar surface area (TPSA) is 58.6 Å². The van der Waals surface area contributed by atoms with E-state index in [0.717, 1.165) is 37.9 Å². The average molecular weight is 381 g/mol. The third-order valence-corrected chi connectivity index (χ3v) is 6.02. The first-order valence-corrected chi connectivity index (χ1v) is 9.92. The number of esters is 1. The highest BCUT2D eigenvalue weighted by Crippen LogP contribution is 2.48. The molecule has 1 aromatic rings. The van der Waals surface area contributed by atoms with Crippen LogP contribution in [0.4, 0.5) is 8.78 Å². The summed E-state index contributed by atoms with van der Waals surface area (Å²) in [4.78, 5) is 12.9. The van der Waals surface area contributed by atoms with Crippen molar-refractivity contribution < 1.29 is 23.4 Å². The van der Waals surface area contributed by atoms with Crippen molar-refractivity contribution in [1.29, 1.82) is 0 Å². The van der Waals surface area contributed by atoms with Crippen LogP contribution in [-0.4, -0.2) is 36.7 Å². The molecule has 0 aromatic heterocycles. The molecule has 3 rings (SSSR count). The Morgan fingerprint density at radius 3 is 2.48 bits per heavy atom. The van der Waals surface area contributed by atoms with Crippen LogP contribution >= 0.6 is 0 Å². The molecule has 2 fully saturated rings. The van der Waals surface area contributed by atoms with Gasteiger partial charge in [-0.25, -0.2) is 13.6 Å². The number of hydrogen-bond donors (Lipinski definition) is 2. The summed E-state index contributed by atoms with van der Waals surface area (Å²) in [5.74, 6) is -4.25. The molecule has 0 radical (unpaired) electrons. The van der Waals surface area contributed by atoms with Gasteiger partial charge in [0.1, 0.15) is 0 Å². The van der Waals surface area contributed by atoms with Crippen LogP contribution in [0.3, 0.4) is 0 Å². The van der Waals surface area contributed by atoms with Gasteiger partial charge in [-0.2, -0.15) is 0 Å². The maximum Gasteiger partial charge on any atom is 0.343 e. The summed E-state index contributed by atoms with van der Waals surface area (Å²) in [5, 5.41) is 14.6. The SMILES string of the molecule is CCc1ccc(C(O)(C(=O)OCC2CCNCC2)C2CCC(F)(F)C2)cc1. The molecule has 4 nitrogen and oxygen atoms in total. The normalized spacial score (nSPS) is 25.1. The van der Waals surface area contributed by atoms with E-state index < -0.39 is 29.8 Å². The summed E-state index contributed by atoms with van der Waals surface area (Å²) in [6, 6.07) is 6.99. The van der Waals surface area contributed by atoms with Crippen molar-refractivity contribution in [1.82, 2.24) is 5.32 Å². The first kappa shape index (κ1) is 20.2. The van der Waals surface area contributed by atoms with Gasteiger partial charge in [-0.05, 0) is 55.8 Å². The standard InChI is InChI=1S/C21H29F2NO3/c1-2-15-3-5-17(6-4-15)21(26,18-7-10-20(22,23)13-18)19(25)27-14-16-8-11-24-12-9-16/h3-6,16,18,24,26H,2,7-14H2,1H3. The summed E-state index contributed by atoms with van der Waals surface area (Å²) in [5.41, 5.74) is -0.627. The molecule has 2 aliphatic rings. The number of carbonyl (C=O) groups is 1. The molecule has 0 spiro atoms. The fourth-order valence-corrected chi connectivity index (χ4v) is 4.17. The zero-order valence-electron chi connectivity index (χ0n) is 15.8. The second-order valence-electron chi connectivity index (χ2n) is 7.90. The highest BCUT2D eigenvalue weighted by Gasteiger charge is 2.54. The lowest BCUT2D eigenvalue weighted by atomic mass is 9.79. The van der Waals surface area contributed by atoms with Crippen molar-refractivity contribution in [3.8, 4) is 0 Å². The Morgan fingerprint density at radius 1 is 1.26 bits per heavy atom. The van der Waals surface area contributed by atoms with E-state index in [2.05, 4.69) is 5.32 Å². The van der Waals surface area contributed by atoms with Gasteiger partial charge in [0.25, 0.3) is 0 Å². The van der Waals surface area contributed by atoms with Crippen LogP contribution < -0.4 is 5.32 Å². The van der Waals surface area contributed by atoms with E-state index in [1.807, 2.05) is 19.1 Å². The number of carbonyl (C=O) groups excluding carboxylic acids is 1. The van der Waals surface area contributed by atoms with Crippen LogP contribution in [0.2, 0.25) is 0 Å². The number of rotatable bonds is 6. The largest absolute Gasteiger partial charge is 0.463 e. The monoisotopic (exact) mass is 381 g/mol. The zero-order chi connectivity index (χ0) is 19.5. The predicted molar refractivity (Wildman–Crippen MR) is 98.6 cm³/mol. The molecule has 2 N–H and O–H groups in total. The molecular weight excluding hydrogens is 352 g/mol. The van der Waals surface area contributed by atoms with Gasteiger partial charge in [-0.1, -0.05) is 31.2 Å². The smallest absolute Gasteiger partial charge is 0.343 e. The number of piperidine rings is 1. The van der Waals surface area contributed by atoms with Gasteiger partial charge < -0.3 is 15.2 Å². The lowest BCUT2D eigenvalue weighted by Gasteiger charge is -2.33. The molecule has 1 aliphatic heterocycles. The number of alkyl halides is 2. The Balaban J connectivity index is 1.80. The van der Waals surface area contributed by atoms with Gasteiger partial charge in [0.05, 0.1) is 6.61 Å². The number of aliphatic hydroxyl groups is 1. The quantitative estimate of drug-likeness (QED) is 0.742. The number of aryl methyl sites for hydroxylation is 1. The van der Waals surface area contributed by atoms with E-state index in [1.54, 1.807) is 12.1 Å². The minimum Gasteiger partial charge on any atom is -0.463 e. The van der Waals surface area contributed by atoms with Crippen molar-refractivity contribution in [2.24, 2.45) is 11.8 Å². The molecule has 1 saturated heterocycles. The number of ether oxygens (including phenoxy) is 1. The molecule has 27 heavy (non-hydrogen) atoms. The number of benzene rings is 1. The Labute approximate surface area is 159 Å². The number of halogens is 2. The molecular formula is C21H29F2NO3. The fourth-order valence-electron chi connectivity index (χ4n) is 4.17. The van der Waals surface area contributed by atoms with E-state index in [-0.39, 0.29) is 25.4 Å². The highest BCUT2D eigenvalue weighted by atomic mass is 19.3. The minimum atomic E-state index is -2.85. The number of hydrogen-bond acceptors (Lipinski definition) is 4. The highest BCUT2D eigenvalue weighted by molar-refractivity contribution is 5.81. The van der Waals surface area contributed by atoms with Gasteiger partial charge in [-0.3, -0.25) is 0 Å². The first-order valence-electron chi connectivity index (χ1n) is 9.92. The van der Waals surface area contributed by atoms with E-state index in [0.29, 0.717) is 5.56 Å². The Hall–Kier alpha value is -1.53. The summed E-state index contributed by atoms with van der Waals surface area (Å²) < 4.78 is 33.1. The second kappa shape index (κ2) is 8.23. The Bertz CT molecular complexity index is 643. The lowest BCUT2D eigenvalue weighted by molar-refractivity contribution is -0.176. The third-order valence-electron chi connectivity index (χ3n) is 6.02. The van der Waals surface area contributed by atoms with Gasteiger partial charge in [0.15, 0.2) is 5.60 Å². The molecule has 2 atom stereocenters. The van der Waals surface area contributed by atoms with Gasteiger partial charge in [0.2, 0.25) is 5.92 Å². The lowest BCUT2D eigenvalue weighted by Crippen LogP contribution is -2.45. The fraction of sp³-hybridized carbons (Fsp3) is 0.667. The Kier molecular flexibility index (Phi) is 6.16. The van der Waals surface area contributed by atoms with E-state index in [4.69, 9.17) is 4.74 Å². The maximum absolute atomic E-state index is 13.8. The second-order valence-corrected chi connectivity index (χ2v) is 7.90. The van der Waals surface area contributed by atoms with Crippen molar-refractivity contribution in [3.05, 3.63) is 35.4 Å². The Morgan fingerprint density at radius 2 is 1.93 bits per heavy atom. The molecule has 1 heterocycles. The summed E-state index contributed by atoms with van der Waals surface area (Å²) >= 11 is 0. The molecule has 150 valence electrons.